The zero-order valence-electron chi connectivity index (χ0n) is 16.2. The first-order valence-electron chi connectivity index (χ1n) is 9.71. The van der Waals surface area contributed by atoms with Crippen molar-refractivity contribution in [1.29, 1.82) is 0 Å². The van der Waals surface area contributed by atoms with Crippen LogP contribution in [0.3, 0.4) is 0 Å². The Morgan fingerprint density at radius 1 is 1.09 bits per heavy atom. The fourth-order valence-corrected chi connectivity index (χ4v) is 4.13. The van der Waals surface area contributed by atoms with Crippen LogP contribution in [0, 0.1) is 17.5 Å². The van der Waals surface area contributed by atoms with E-state index in [4.69, 9.17) is 4.74 Å². The summed E-state index contributed by atoms with van der Waals surface area (Å²) in [6.45, 7) is 0.142. The zero-order chi connectivity index (χ0) is 22.0. The number of hydrogen-bond donors (Lipinski definition) is 1. The molecule has 32 heavy (non-hydrogen) atoms. The average molecular weight is 438 g/mol. The summed E-state index contributed by atoms with van der Waals surface area (Å²) in [5.74, 6) is -1.97. The van der Waals surface area contributed by atoms with Gasteiger partial charge >= 0.3 is 5.69 Å². The maximum atomic E-state index is 14.3. The third-order valence-corrected chi connectivity index (χ3v) is 5.51. The Labute approximate surface area is 176 Å². The lowest BCUT2D eigenvalue weighted by Gasteiger charge is -2.27. The summed E-state index contributed by atoms with van der Waals surface area (Å²) in [6.07, 6.45) is 3.18. The van der Waals surface area contributed by atoms with Gasteiger partial charge in [-0.3, -0.25) is 9.13 Å². The number of H-pyrrole nitrogens is 1. The van der Waals surface area contributed by atoms with E-state index in [-0.39, 0.29) is 29.5 Å². The molecule has 2 aromatic carbocycles. The van der Waals surface area contributed by atoms with Crippen molar-refractivity contribution in [1.82, 2.24) is 29.1 Å². The van der Waals surface area contributed by atoms with Crippen molar-refractivity contribution >= 4 is 22.2 Å². The molecule has 0 amide bonds. The van der Waals surface area contributed by atoms with Crippen LogP contribution in [0.4, 0.5) is 13.2 Å². The molecule has 0 bridgehead atoms. The summed E-state index contributed by atoms with van der Waals surface area (Å²) in [5.41, 5.74) is 1.29. The Kier molecular flexibility index (Phi) is 3.88. The number of halogens is 3. The van der Waals surface area contributed by atoms with E-state index in [0.717, 1.165) is 12.1 Å². The Hall–Kier alpha value is -4.15. The number of hydrogen-bond acceptors (Lipinski definition) is 5. The molecule has 11 heteroatoms. The fraction of sp³-hybridized carbons (Fsp3) is 0.143. The van der Waals surface area contributed by atoms with Crippen LogP contribution in [-0.4, -0.2) is 35.7 Å². The SMILES string of the molecule is O=c1[nH]c2cnc(-n3cnc4ccc(F)cc43)nc2n1C1CCOc2c(F)cc(F)cc21. The highest BCUT2D eigenvalue weighted by atomic mass is 19.1. The number of aromatic amines is 1. The molecule has 1 unspecified atom stereocenters. The highest BCUT2D eigenvalue weighted by molar-refractivity contribution is 5.77. The van der Waals surface area contributed by atoms with Crippen LogP contribution in [0.15, 0.2) is 47.7 Å². The Morgan fingerprint density at radius 2 is 1.97 bits per heavy atom. The van der Waals surface area contributed by atoms with Crippen LogP contribution in [-0.2, 0) is 0 Å². The highest BCUT2D eigenvalue weighted by Gasteiger charge is 2.30. The normalized spacial score (nSPS) is 15.8. The quantitative estimate of drug-likeness (QED) is 0.457. The van der Waals surface area contributed by atoms with E-state index >= 15 is 0 Å². The minimum absolute atomic E-state index is 0.0886. The Balaban J connectivity index is 1.56. The smallest absolute Gasteiger partial charge is 0.328 e. The maximum Gasteiger partial charge on any atom is 0.328 e. The largest absolute Gasteiger partial charge is 0.490 e. The standard InChI is InChI=1S/C21H13F3N6O2/c22-10-1-2-14-17(7-10)29(9-26-14)20-25-8-15-19(28-20)30(21(31)27-15)16-3-4-32-18-12(16)5-11(23)6-13(18)24/h1-2,5-9,16H,3-4H2,(H,27,31). The molecule has 1 aliphatic heterocycles. The Morgan fingerprint density at radius 3 is 2.84 bits per heavy atom. The highest BCUT2D eigenvalue weighted by Crippen LogP contribution is 2.37. The topological polar surface area (TPSA) is 90.6 Å². The molecule has 1 aliphatic rings. The van der Waals surface area contributed by atoms with Gasteiger partial charge in [0, 0.05) is 24.1 Å². The van der Waals surface area contributed by atoms with E-state index in [9.17, 15) is 18.0 Å². The number of nitrogens with one attached hydrogen (secondary N) is 1. The van der Waals surface area contributed by atoms with Gasteiger partial charge in [-0.15, -0.1) is 0 Å². The molecule has 1 N–H and O–H groups in total. The van der Waals surface area contributed by atoms with Crippen molar-refractivity contribution < 1.29 is 17.9 Å². The van der Waals surface area contributed by atoms with Crippen LogP contribution >= 0.6 is 0 Å². The number of fused-ring (bicyclic) bond motifs is 3. The molecule has 4 heterocycles. The lowest BCUT2D eigenvalue weighted by molar-refractivity contribution is 0.242. The third kappa shape index (κ3) is 2.70. The van der Waals surface area contributed by atoms with Gasteiger partial charge in [0.15, 0.2) is 17.2 Å². The van der Waals surface area contributed by atoms with E-state index in [1.54, 1.807) is 0 Å². The van der Waals surface area contributed by atoms with Crippen molar-refractivity contribution in [2.24, 2.45) is 0 Å². The minimum Gasteiger partial charge on any atom is -0.490 e. The van der Waals surface area contributed by atoms with Crippen LogP contribution in [0.5, 0.6) is 5.75 Å². The van der Waals surface area contributed by atoms with E-state index in [1.807, 2.05) is 0 Å². The molecule has 0 saturated heterocycles. The van der Waals surface area contributed by atoms with E-state index in [2.05, 4.69) is 19.9 Å². The number of nitrogens with zero attached hydrogens (tertiary/aromatic N) is 5. The summed E-state index contributed by atoms with van der Waals surface area (Å²) in [4.78, 5) is 28.5. The van der Waals surface area contributed by atoms with Crippen LogP contribution in [0.25, 0.3) is 28.1 Å². The minimum atomic E-state index is -0.834. The Bertz CT molecular complexity index is 1590. The molecule has 6 rings (SSSR count). The van der Waals surface area contributed by atoms with Gasteiger partial charge in [0.2, 0.25) is 5.95 Å². The van der Waals surface area contributed by atoms with Gasteiger partial charge in [0.05, 0.1) is 29.9 Å². The molecule has 0 spiro atoms. The second-order valence-electron chi connectivity index (χ2n) is 7.41. The second-order valence-corrected chi connectivity index (χ2v) is 7.41. The van der Waals surface area contributed by atoms with Gasteiger partial charge in [-0.25, -0.2) is 27.9 Å². The first-order valence-corrected chi connectivity index (χ1v) is 9.71. The van der Waals surface area contributed by atoms with Crippen LogP contribution in [0.2, 0.25) is 0 Å². The first kappa shape index (κ1) is 18.6. The van der Waals surface area contributed by atoms with Gasteiger partial charge in [0.1, 0.15) is 23.5 Å². The lowest BCUT2D eigenvalue weighted by atomic mass is 10.00. The first-order chi connectivity index (χ1) is 15.5. The fourth-order valence-electron chi connectivity index (χ4n) is 4.13. The van der Waals surface area contributed by atoms with Crippen molar-refractivity contribution in [3.63, 3.8) is 0 Å². The van der Waals surface area contributed by atoms with Gasteiger partial charge in [-0.05, 0) is 18.2 Å². The summed E-state index contributed by atoms with van der Waals surface area (Å²) in [7, 11) is 0. The number of rotatable bonds is 2. The van der Waals surface area contributed by atoms with Crippen molar-refractivity contribution in [3.8, 4) is 11.7 Å². The molecular weight excluding hydrogens is 425 g/mol. The van der Waals surface area contributed by atoms with Crippen LogP contribution in [0.1, 0.15) is 18.0 Å². The number of imidazole rings is 2. The molecule has 0 saturated carbocycles. The van der Waals surface area contributed by atoms with Crippen molar-refractivity contribution in [3.05, 3.63) is 76.4 Å². The van der Waals surface area contributed by atoms with Crippen molar-refractivity contribution in [2.75, 3.05) is 6.61 Å². The molecule has 8 nitrogen and oxygen atoms in total. The molecule has 160 valence electrons. The van der Waals surface area contributed by atoms with Gasteiger partial charge in [-0.2, -0.15) is 4.98 Å². The molecular formula is C21H13F3N6O2. The van der Waals surface area contributed by atoms with Gasteiger partial charge < -0.3 is 9.72 Å². The summed E-state index contributed by atoms with van der Waals surface area (Å²) < 4.78 is 50.2. The molecule has 0 radical (unpaired) electrons. The van der Waals surface area contributed by atoms with Gasteiger partial charge in [-0.1, -0.05) is 0 Å². The van der Waals surface area contributed by atoms with E-state index in [1.165, 1.54) is 39.9 Å². The van der Waals surface area contributed by atoms with Crippen molar-refractivity contribution in [2.45, 2.75) is 12.5 Å². The summed E-state index contributed by atoms with van der Waals surface area (Å²) in [5, 5.41) is 0. The molecule has 3 aromatic heterocycles. The van der Waals surface area contributed by atoms with Gasteiger partial charge in [0.25, 0.3) is 0 Å². The lowest BCUT2D eigenvalue weighted by Crippen LogP contribution is -2.28. The zero-order valence-corrected chi connectivity index (χ0v) is 16.2. The second kappa shape index (κ2) is 6.67. The van der Waals surface area contributed by atoms with Crippen LogP contribution < -0.4 is 10.4 Å². The molecule has 1 atom stereocenters. The predicted molar refractivity (Wildman–Crippen MR) is 107 cm³/mol. The summed E-state index contributed by atoms with van der Waals surface area (Å²) in [6, 6.07) is 5.33. The summed E-state index contributed by atoms with van der Waals surface area (Å²) >= 11 is 0. The predicted octanol–water partition coefficient (Wildman–Crippen LogP) is 3.25. The third-order valence-electron chi connectivity index (χ3n) is 5.51. The number of ether oxygens (including phenoxy) is 1. The van der Waals surface area contributed by atoms with E-state index in [0.29, 0.717) is 23.0 Å². The molecule has 0 fully saturated rings. The van der Waals surface area contributed by atoms with E-state index < -0.39 is 29.2 Å². The molecule has 5 aromatic rings. The average Bonchev–Trinajstić information content (AvgIpc) is 3.32. The maximum absolute atomic E-state index is 14.3. The number of aromatic nitrogens is 6. The number of benzene rings is 2. The molecule has 0 aliphatic carbocycles. The monoisotopic (exact) mass is 438 g/mol.